The van der Waals surface area contributed by atoms with Gasteiger partial charge in [0, 0.05) is 66.8 Å². The summed E-state index contributed by atoms with van der Waals surface area (Å²) in [6.45, 7) is 8.47. The minimum Gasteiger partial charge on any atom is -0.462 e. The van der Waals surface area contributed by atoms with E-state index in [1.807, 2.05) is 35.6 Å². The average Bonchev–Trinajstić information content (AvgIpc) is 3.22. The molecule has 3 heterocycles. The molecule has 0 saturated carbocycles. The van der Waals surface area contributed by atoms with Crippen LogP contribution in [-0.4, -0.2) is 71.7 Å². The first-order valence-electron chi connectivity index (χ1n) is 13.2. The van der Waals surface area contributed by atoms with Gasteiger partial charge in [-0.2, -0.15) is 0 Å². The number of carbonyl (C=O) groups excluding carboxylic acids is 2. The zero-order valence-electron chi connectivity index (χ0n) is 22.2. The lowest BCUT2D eigenvalue weighted by molar-refractivity contribution is 0.0193. The van der Waals surface area contributed by atoms with Crippen molar-refractivity contribution in [3.05, 3.63) is 81.5 Å². The minimum atomic E-state index is -0.375. The smallest absolute Gasteiger partial charge is 0.339 e. The highest BCUT2D eigenvalue weighted by Gasteiger charge is 2.33. The second kappa shape index (κ2) is 11.3. The van der Waals surface area contributed by atoms with E-state index < -0.39 is 0 Å². The van der Waals surface area contributed by atoms with Crippen LogP contribution in [0, 0.1) is 6.92 Å². The fourth-order valence-electron chi connectivity index (χ4n) is 5.51. The van der Waals surface area contributed by atoms with Crippen molar-refractivity contribution in [1.82, 2.24) is 14.4 Å². The molecule has 1 atom stereocenters. The molecule has 0 spiro atoms. The van der Waals surface area contributed by atoms with Gasteiger partial charge in [0.25, 0.3) is 5.91 Å². The van der Waals surface area contributed by atoms with Crippen LogP contribution >= 0.6 is 11.6 Å². The van der Waals surface area contributed by atoms with E-state index >= 15 is 0 Å². The second-order valence-corrected chi connectivity index (χ2v) is 10.4. The Morgan fingerprint density at radius 1 is 1.05 bits per heavy atom. The van der Waals surface area contributed by atoms with Gasteiger partial charge < -0.3 is 18.9 Å². The van der Waals surface area contributed by atoms with Gasteiger partial charge >= 0.3 is 5.97 Å². The van der Waals surface area contributed by atoms with Crippen LogP contribution in [0.15, 0.2) is 48.5 Å². The second-order valence-electron chi connectivity index (χ2n) is 9.97. The van der Waals surface area contributed by atoms with Gasteiger partial charge in [0.05, 0.1) is 25.4 Å². The molecule has 2 aliphatic rings. The summed E-state index contributed by atoms with van der Waals surface area (Å²) in [6.07, 6.45) is 0.804. The number of hydrogen-bond donors (Lipinski definition) is 0. The van der Waals surface area contributed by atoms with Gasteiger partial charge in [0.1, 0.15) is 0 Å². The molecule has 3 aromatic rings. The maximum absolute atomic E-state index is 14.3. The predicted molar refractivity (Wildman–Crippen MR) is 148 cm³/mol. The molecule has 0 radical (unpaired) electrons. The number of morpholine rings is 1. The maximum atomic E-state index is 14.3. The molecular formula is C30H34ClN3O4. The summed E-state index contributed by atoms with van der Waals surface area (Å²) in [6, 6.07) is 15.6. The van der Waals surface area contributed by atoms with E-state index in [1.165, 1.54) is 11.1 Å². The standard InChI is InChI=1S/C30H34ClN3O4/c1-4-38-30(36)26-17-28(32(3)20(26)2)27-16-23(31)9-10-25(27)29(35)34-18-22-8-6-5-7-21(22)15-24(34)19-33-11-13-37-14-12-33/h5-10,16-17,24H,4,11-15,18-19H2,1-3H3. The molecule has 1 unspecified atom stereocenters. The molecule has 1 amide bonds. The minimum absolute atomic E-state index is 0.0317. The van der Waals surface area contributed by atoms with Gasteiger partial charge in [0.2, 0.25) is 0 Å². The summed E-state index contributed by atoms with van der Waals surface area (Å²) in [5.74, 6) is -0.416. The molecule has 0 bridgehead atoms. The monoisotopic (exact) mass is 535 g/mol. The first-order chi connectivity index (χ1) is 18.4. The van der Waals surface area contributed by atoms with E-state index in [9.17, 15) is 9.59 Å². The normalized spacial score (nSPS) is 17.8. The van der Waals surface area contributed by atoms with Gasteiger partial charge in [-0.1, -0.05) is 35.9 Å². The molecule has 8 heteroatoms. The molecule has 7 nitrogen and oxygen atoms in total. The lowest BCUT2D eigenvalue weighted by Gasteiger charge is -2.40. The SMILES string of the molecule is CCOC(=O)c1cc(-c2cc(Cl)ccc2C(=O)N2Cc3ccccc3CC2CN2CCOCC2)n(C)c1C. The number of carbonyl (C=O) groups is 2. The quantitative estimate of drug-likeness (QED) is 0.427. The third kappa shape index (κ3) is 5.23. The third-order valence-electron chi connectivity index (χ3n) is 7.71. The van der Waals surface area contributed by atoms with Crippen molar-refractivity contribution in [3.8, 4) is 11.3 Å². The van der Waals surface area contributed by atoms with E-state index in [0.717, 1.165) is 37.4 Å². The molecule has 2 aliphatic heterocycles. The van der Waals surface area contributed by atoms with E-state index in [-0.39, 0.29) is 17.9 Å². The Kier molecular flexibility index (Phi) is 7.88. The van der Waals surface area contributed by atoms with Crippen molar-refractivity contribution < 1.29 is 19.1 Å². The molecule has 38 heavy (non-hydrogen) atoms. The Hall–Kier alpha value is -3.13. The van der Waals surface area contributed by atoms with Crippen LogP contribution in [0.25, 0.3) is 11.3 Å². The molecule has 1 aromatic heterocycles. The van der Waals surface area contributed by atoms with Gasteiger partial charge in [0.15, 0.2) is 0 Å². The lowest BCUT2D eigenvalue weighted by atomic mass is 9.92. The fourth-order valence-corrected chi connectivity index (χ4v) is 5.69. The van der Waals surface area contributed by atoms with Crippen LogP contribution in [0.5, 0.6) is 0 Å². The Balaban J connectivity index is 1.53. The number of esters is 1. The fraction of sp³-hybridized carbons (Fsp3) is 0.400. The number of fused-ring (bicyclic) bond motifs is 1. The highest BCUT2D eigenvalue weighted by molar-refractivity contribution is 6.31. The predicted octanol–water partition coefficient (Wildman–Crippen LogP) is 4.73. The van der Waals surface area contributed by atoms with Crippen molar-refractivity contribution in [2.75, 3.05) is 39.5 Å². The molecule has 200 valence electrons. The molecule has 1 fully saturated rings. The number of rotatable bonds is 6. The van der Waals surface area contributed by atoms with Gasteiger partial charge in [-0.15, -0.1) is 0 Å². The van der Waals surface area contributed by atoms with Crippen LogP contribution in [0.1, 0.15) is 44.5 Å². The highest BCUT2D eigenvalue weighted by atomic mass is 35.5. The van der Waals surface area contributed by atoms with Crippen LogP contribution in [0.3, 0.4) is 0 Å². The number of aromatic nitrogens is 1. The van der Waals surface area contributed by atoms with Crippen LogP contribution in [0.4, 0.5) is 0 Å². The number of amides is 1. The summed E-state index contributed by atoms with van der Waals surface area (Å²) in [4.78, 5) is 31.3. The van der Waals surface area contributed by atoms with Crippen molar-refractivity contribution >= 4 is 23.5 Å². The Morgan fingerprint density at radius 3 is 2.53 bits per heavy atom. The van der Waals surface area contributed by atoms with Gasteiger partial charge in [-0.25, -0.2) is 4.79 Å². The first kappa shape index (κ1) is 26.5. The third-order valence-corrected chi connectivity index (χ3v) is 7.94. The molecule has 1 saturated heterocycles. The average molecular weight is 536 g/mol. The summed E-state index contributed by atoms with van der Waals surface area (Å²) < 4.78 is 12.7. The van der Waals surface area contributed by atoms with E-state index in [2.05, 4.69) is 23.1 Å². The summed E-state index contributed by atoms with van der Waals surface area (Å²) in [5.41, 5.74) is 5.74. The van der Waals surface area contributed by atoms with Crippen molar-refractivity contribution in [1.29, 1.82) is 0 Å². The van der Waals surface area contributed by atoms with Crippen molar-refractivity contribution in [3.63, 3.8) is 0 Å². The van der Waals surface area contributed by atoms with Crippen molar-refractivity contribution in [2.24, 2.45) is 7.05 Å². The van der Waals surface area contributed by atoms with Gasteiger partial charge in [-0.3, -0.25) is 9.69 Å². The van der Waals surface area contributed by atoms with Crippen LogP contribution < -0.4 is 0 Å². The van der Waals surface area contributed by atoms with E-state index in [4.69, 9.17) is 21.1 Å². The molecule has 5 rings (SSSR count). The van der Waals surface area contributed by atoms with Crippen LogP contribution in [0.2, 0.25) is 5.02 Å². The number of halogens is 1. The maximum Gasteiger partial charge on any atom is 0.339 e. The Morgan fingerprint density at radius 2 is 1.79 bits per heavy atom. The van der Waals surface area contributed by atoms with Gasteiger partial charge in [-0.05, 0) is 55.7 Å². The number of hydrogen-bond acceptors (Lipinski definition) is 5. The summed E-state index contributed by atoms with van der Waals surface area (Å²) in [5, 5.41) is 0.530. The summed E-state index contributed by atoms with van der Waals surface area (Å²) >= 11 is 6.45. The van der Waals surface area contributed by atoms with Crippen molar-refractivity contribution in [2.45, 2.75) is 32.9 Å². The number of nitrogens with zero attached hydrogens (tertiary/aromatic N) is 3. The molecule has 0 N–H and O–H groups in total. The van der Waals surface area contributed by atoms with E-state index in [1.54, 1.807) is 25.1 Å². The highest BCUT2D eigenvalue weighted by Crippen LogP contribution is 2.33. The Labute approximate surface area is 228 Å². The zero-order chi connectivity index (χ0) is 26.8. The first-order valence-corrected chi connectivity index (χ1v) is 13.6. The molecule has 2 aromatic carbocycles. The van der Waals surface area contributed by atoms with Crippen LogP contribution in [-0.2, 0) is 29.5 Å². The molecule has 0 aliphatic carbocycles. The molecular weight excluding hydrogens is 502 g/mol. The largest absolute Gasteiger partial charge is 0.462 e. The zero-order valence-corrected chi connectivity index (χ0v) is 23.0. The topological polar surface area (TPSA) is 64.0 Å². The Bertz CT molecular complexity index is 1350. The lowest BCUT2D eigenvalue weighted by Crippen LogP contribution is -2.52. The number of benzene rings is 2. The number of ether oxygens (including phenoxy) is 2. The van der Waals surface area contributed by atoms with E-state index in [0.29, 0.717) is 48.1 Å². The summed E-state index contributed by atoms with van der Waals surface area (Å²) in [7, 11) is 1.89.